The van der Waals surface area contributed by atoms with Crippen molar-refractivity contribution in [3.05, 3.63) is 67.6 Å². The first-order valence-electron chi connectivity index (χ1n) is 10.9. The summed E-state index contributed by atoms with van der Waals surface area (Å²) >= 11 is 25.3. The Bertz CT molecular complexity index is 1050. The number of nitrogens with one attached hydrogen (secondary N) is 1. The molecule has 176 valence electrons. The third-order valence-corrected chi connectivity index (χ3v) is 7.70. The molecule has 9 heteroatoms. The van der Waals surface area contributed by atoms with Gasteiger partial charge in [0.15, 0.2) is 0 Å². The van der Waals surface area contributed by atoms with Crippen LogP contribution in [0.25, 0.3) is 0 Å². The van der Waals surface area contributed by atoms with Crippen molar-refractivity contribution in [3.8, 4) is 0 Å². The molecule has 1 N–H and O–H groups in total. The Labute approximate surface area is 213 Å². The Balaban J connectivity index is 1.60. The lowest BCUT2D eigenvalue weighted by Crippen LogP contribution is -2.56. The Hall–Kier alpha value is -1.50. The van der Waals surface area contributed by atoms with Crippen LogP contribution in [0.3, 0.4) is 0 Å². The van der Waals surface area contributed by atoms with Crippen molar-refractivity contribution in [1.29, 1.82) is 0 Å². The van der Waals surface area contributed by atoms with Gasteiger partial charge in [-0.25, -0.2) is 0 Å². The minimum atomic E-state index is -0.820. The smallest absolute Gasteiger partial charge is 0.245 e. The van der Waals surface area contributed by atoms with Crippen LogP contribution in [-0.4, -0.2) is 60.9 Å². The van der Waals surface area contributed by atoms with Gasteiger partial charge in [0.25, 0.3) is 0 Å². The number of carbonyl (C=O) groups excluding carboxylic acids is 2. The van der Waals surface area contributed by atoms with Crippen LogP contribution >= 0.6 is 46.4 Å². The van der Waals surface area contributed by atoms with Crippen molar-refractivity contribution in [2.24, 2.45) is 0 Å². The molecule has 0 unspecified atom stereocenters. The minimum absolute atomic E-state index is 0.122. The standard InChI is InChI=1S/C24H25Cl4N3O2/c1-30-9-11-31(12-10-30)22(32)20(13-15-5-6-16(25)14-19(15)28)29-23(33)24(7-8-24)21-17(26)3-2-4-18(21)27/h2-6,14,20H,7-13H2,1H3,(H,29,33)/t20-/m0/s1. The molecule has 1 saturated carbocycles. The highest BCUT2D eigenvalue weighted by molar-refractivity contribution is 6.37. The number of hydrogen-bond acceptors (Lipinski definition) is 3. The molecule has 1 aliphatic carbocycles. The van der Waals surface area contributed by atoms with Crippen molar-refractivity contribution in [1.82, 2.24) is 15.1 Å². The zero-order chi connectivity index (χ0) is 23.8. The summed E-state index contributed by atoms with van der Waals surface area (Å²) in [5, 5.41) is 4.91. The predicted molar refractivity (Wildman–Crippen MR) is 134 cm³/mol. The topological polar surface area (TPSA) is 52.6 Å². The predicted octanol–water partition coefficient (Wildman–Crippen LogP) is 4.83. The normalized spacial score (nSPS) is 18.6. The summed E-state index contributed by atoms with van der Waals surface area (Å²) < 4.78 is 0. The van der Waals surface area contributed by atoms with E-state index in [0.29, 0.717) is 51.6 Å². The van der Waals surface area contributed by atoms with Crippen molar-refractivity contribution in [2.45, 2.75) is 30.7 Å². The van der Waals surface area contributed by atoms with Gasteiger partial charge >= 0.3 is 0 Å². The molecular formula is C24H25Cl4N3O2. The number of halogens is 4. The number of benzene rings is 2. The summed E-state index contributed by atoms with van der Waals surface area (Å²) in [7, 11) is 2.03. The molecule has 2 aromatic carbocycles. The molecule has 1 atom stereocenters. The highest BCUT2D eigenvalue weighted by Gasteiger charge is 2.54. The van der Waals surface area contributed by atoms with Crippen LogP contribution < -0.4 is 5.32 Å². The monoisotopic (exact) mass is 527 g/mol. The Morgan fingerprint density at radius 1 is 0.970 bits per heavy atom. The third kappa shape index (κ3) is 5.28. The van der Waals surface area contributed by atoms with Gasteiger partial charge in [-0.15, -0.1) is 0 Å². The van der Waals surface area contributed by atoms with E-state index in [9.17, 15) is 9.59 Å². The molecule has 1 saturated heterocycles. The first-order valence-corrected chi connectivity index (χ1v) is 12.4. The molecule has 2 amide bonds. The molecule has 5 nitrogen and oxygen atoms in total. The van der Waals surface area contributed by atoms with Crippen molar-refractivity contribution in [3.63, 3.8) is 0 Å². The molecular weight excluding hydrogens is 504 g/mol. The number of carbonyl (C=O) groups is 2. The van der Waals surface area contributed by atoms with E-state index in [0.717, 1.165) is 18.7 Å². The van der Waals surface area contributed by atoms with Crippen molar-refractivity contribution < 1.29 is 9.59 Å². The lowest BCUT2D eigenvalue weighted by Gasteiger charge is -2.35. The maximum atomic E-state index is 13.5. The maximum Gasteiger partial charge on any atom is 0.245 e. The van der Waals surface area contributed by atoms with Gasteiger partial charge in [-0.2, -0.15) is 0 Å². The Morgan fingerprint density at radius 3 is 2.18 bits per heavy atom. The van der Waals surface area contributed by atoms with Crippen LogP contribution in [0.1, 0.15) is 24.0 Å². The lowest BCUT2D eigenvalue weighted by molar-refractivity contribution is -0.138. The number of rotatable bonds is 6. The maximum absolute atomic E-state index is 13.5. The van der Waals surface area contributed by atoms with Gasteiger partial charge in [-0.05, 0) is 49.7 Å². The summed E-state index contributed by atoms with van der Waals surface area (Å²) in [6.07, 6.45) is 1.51. The van der Waals surface area contributed by atoms with Gasteiger partial charge in [0.2, 0.25) is 11.8 Å². The second-order valence-electron chi connectivity index (χ2n) is 8.77. The van der Waals surface area contributed by atoms with E-state index >= 15 is 0 Å². The number of piperazine rings is 1. The summed E-state index contributed by atoms with van der Waals surface area (Å²) in [6, 6.07) is 9.62. The first-order chi connectivity index (χ1) is 15.7. The highest BCUT2D eigenvalue weighted by atomic mass is 35.5. The summed E-state index contributed by atoms with van der Waals surface area (Å²) in [5.74, 6) is -0.362. The Morgan fingerprint density at radius 2 is 1.61 bits per heavy atom. The SMILES string of the molecule is CN1CCN(C(=O)[C@H](Cc2ccc(Cl)cc2Cl)NC(=O)C2(c3c(Cl)cccc3Cl)CC2)CC1. The van der Waals surface area contributed by atoms with Crippen LogP contribution in [0.2, 0.25) is 20.1 Å². The van der Waals surface area contributed by atoms with E-state index in [2.05, 4.69) is 10.2 Å². The third-order valence-electron chi connectivity index (χ3n) is 6.48. The fraction of sp³-hybridized carbons (Fsp3) is 0.417. The van der Waals surface area contributed by atoms with Crippen LogP contribution in [0, 0.1) is 0 Å². The molecule has 1 aliphatic heterocycles. The second kappa shape index (κ2) is 10.0. The zero-order valence-corrected chi connectivity index (χ0v) is 21.2. The molecule has 2 fully saturated rings. The van der Waals surface area contributed by atoms with Crippen LogP contribution in [0.5, 0.6) is 0 Å². The molecule has 33 heavy (non-hydrogen) atoms. The molecule has 0 radical (unpaired) electrons. The lowest BCUT2D eigenvalue weighted by atomic mass is 9.93. The van der Waals surface area contributed by atoms with Crippen LogP contribution in [-0.2, 0) is 21.4 Å². The van der Waals surface area contributed by atoms with E-state index in [1.807, 2.05) is 7.05 Å². The average Bonchev–Trinajstić information content (AvgIpc) is 3.56. The fourth-order valence-corrected chi connectivity index (χ4v) is 5.57. The van der Waals surface area contributed by atoms with E-state index in [4.69, 9.17) is 46.4 Å². The summed E-state index contributed by atoms with van der Waals surface area (Å²) in [5.41, 5.74) is 0.551. The summed E-state index contributed by atoms with van der Waals surface area (Å²) in [4.78, 5) is 31.0. The molecule has 4 rings (SSSR count). The average molecular weight is 529 g/mol. The molecule has 1 heterocycles. The van der Waals surface area contributed by atoms with Crippen LogP contribution in [0.15, 0.2) is 36.4 Å². The molecule has 0 aromatic heterocycles. The number of hydrogen-bond donors (Lipinski definition) is 1. The zero-order valence-electron chi connectivity index (χ0n) is 18.2. The van der Waals surface area contributed by atoms with Gasteiger partial charge in [0.05, 0.1) is 5.41 Å². The quantitative estimate of drug-likeness (QED) is 0.584. The van der Waals surface area contributed by atoms with Gasteiger partial charge in [0, 0.05) is 58.3 Å². The fourth-order valence-electron chi connectivity index (χ4n) is 4.32. The van der Waals surface area contributed by atoms with E-state index in [1.165, 1.54) is 0 Å². The van der Waals surface area contributed by atoms with Crippen molar-refractivity contribution >= 4 is 58.2 Å². The second-order valence-corrected chi connectivity index (χ2v) is 10.4. The van der Waals surface area contributed by atoms with E-state index in [-0.39, 0.29) is 18.2 Å². The first kappa shape index (κ1) is 24.6. The van der Waals surface area contributed by atoms with Crippen molar-refractivity contribution in [2.75, 3.05) is 33.2 Å². The van der Waals surface area contributed by atoms with Gasteiger partial charge in [-0.1, -0.05) is 58.5 Å². The molecule has 0 bridgehead atoms. The summed E-state index contributed by atoms with van der Waals surface area (Å²) in [6.45, 7) is 2.79. The Kier molecular flexibility index (Phi) is 7.47. The van der Waals surface area contributed by atoms with Crippen LogP contribution in [0.4, 0.5) is 0 Å². The molecule has 2 aromatic rings. The van der Waals surface area contributed by atoms with Gasteiger partial charge in [0.1, 0.15) is 6.04 Å². The highest BCUT2D eigenvalue weighted by Crippen LogP contribution is 2.53. The number of likely N-dealkylation sites (N-methyl/N-ethyl adjacent to an activating group) is 1. The van der Waals surface area contributed by atoms with Gasteiger partial charge in [-0.3, -0.25) is 9.59 Å². The number of nitrogens with zero attached hydrogens (tertiary/aromatic N) is 2. The minimum Gasteiger partial charge on any atom is -0.343 e. The molecule has 0 spiro atoms. The van der Waals surface area contributed by atoms with E-state index < -0.39 is 11.5 Å². The van der Waals surface area contributed by atoms with Gasteiger partial charge < -0.3 is 15.1 Å². The molecule has 2 aliphatic rings. The number of amides is 2. The van der Waals surface area contributed by atoms with E-state index in [1.54, 1.807) is 41.3 Å². The largest absolute Gasteiger partial charge is 0.343 e.